The molecule has 0 saturated carbocycles. The number of hydrogen-bond donors (Lipinski definition) is 2. The Morgan fingerprint density at radius 2 is 1.92 bits per heavy atom. The van der Waals surface area contributed by atoms with Gasteiger partial charge in [0, 0.05) is 19.6 Å². The summed E-state index contributed by atoms with van der Waals surface area (Å²) < 4.78 is 15.8. The Balaban J connectivity index is 2.01. The number of carbonyl (C=O) groups is 2. The summed E-state index contributed by atoms with van der Waals surface area (Å²) in [6.45, 7) is 1.50. The second-order valence-corrected chi connectivity index (χ2v) is 6.43. The summed E-state index contributed by atoms with van der Waals surface area (Å²) in [7, 11) is 3.05. The molecular formula is C19H27NO6. The van der Waals surface area contributed by atoms with Crippen molar-refractivity contribution in [2.45, 2.75) is 38.1 Å². The second-order valence-electron chi connectivity index (χ2n) is 6.43. The topological polar surface area (TPSA) is 94.1 Å². The molecule has 0 spiro atoms. The van der Waals surface area contributed by atoms with Crippen LogP contribution in [0.25, 0.3) is 0 Å². The van der Waals surface area contributed by atoms with Gasteiger partial charge in [0.05, 0.1) is 26.7 Å². The Labute approximate surface area is 153 Å². The first-order chi connectivity index (χ1) is 12.5. The van der Waals surface area contributed by atoms with Gasteiger partial charge in [-0.05, 0) is 42.9 Å². The lowest BCUT2D eigenvalue weighted by Gasteiger charge is -2.23. The second kappa shape index (κ2) is 10.0. The summed E-state index contributed by atoms with van der Waals surface area (Å²) in [6.07, 6.45) is 2.93. The van der Waals surface area contributed by atoms with Crippen LogP contribution in [0.15, 0.2) is 18.2 Å². The molecule has 1 aliphatic heterocycles. The van der Waals surface area contributed by atoms with Crippen LogP contribution in [0.4, 0.5) is 0 Å². The zero-order valence-electron chi connectivity index (χ0n) is 15.3. The van der Waals surface area contributed by atoms with Crippen molar-refractivity contribution >= 4 is 11.9 Å². The number of ether oxygens (including phenoxy) is 3. The summed E-state index contributed by atoms with van der Waals surface area (Å²) in [4.78, 5) is 23.6. The van der Waals surface area contributed by atoms with Crippen LogP contribution in [0.2, 0.25) is 0 Å². The lowest BCUT2D eigenvalue weighted by atomic mass is 9.94. The number of benzene rings is 1. The van der Waals surface area contributed by atoms with Gasteiger partial charge in [0.1, 0.15) is 0 Å². The quantitative estimate of drug-likeness (QED) is 0.698. The molecule has 7 nitrogen and oxygen atoms in total. The number of aliphatic carboxylic acids is 1. The fourth-order valence-corrected chi connectivity index (χ4v) is 3.13. The third kappa shape index (κ3) is 5.91. The van der Waals surface area contributed by atoms with Crippen molar-refractivity contribution in [2.24, 2.45) is 5.92 Å². The van der Waals surface area contributed by atoms with Crippen molar-refractivity contribution in [3.63, 3.8) is 0 Å². The predicted molar refractivity (Wildman–Crippen MR) is 95.5 cm³/mol. The average Bonchev–Trinajstić information content (AvgIpc) is 2.65. The van der Waals surface area contributed by atoms with Gasteiger partial charge >= 0.3 is 5.97 Å². The SMILES string of the molecule is COc1ccc(C(CC(=O)O)NC(=O)CCC2CCOCC2)cc1OC. The van der Waals surface area contributed by atoms with Gasteiger partial charge < -0.3 is 24.6 Å². The van der Waals surface area contributed by atoms with Crippen LogP contribution in [0.5, 0.6) is 11.5 Å². The first-order valence-electron chi connectivity index (χ1n) is 8.84. The molecule has 0 aromatic heterocycles. The molecule has 2 rings (SSSR count). The van der Waals surface area contributed by atoms with E-state index in [-0.39, 0.29) is 12.3 Å². The van der Waals surface area contributed by atoms with Gasteiger partial charge in [0.15, 0.2) is 11.5 Å². The largest absolute Gasteiger partial charge is 0.493 e. The minimum absolute atomic E-state index is 0.141. The normalized spacial score (nSPS) is 15.9. The molecule has 1 heterocycles. The number of amides is 1. The number of nitrogens with one attached hydrogen (secondary N) is 1. The number of hydrogen-bond acceptors (Lipinski definition) is 5. The number of carbonyl (C=O) groups excluding carboxylic acids is 1. The van der Waals surface area contributed by atoms with Crippen LogP contribution in [0, 0.1) is 5.92 Å². The molecule has 1 aliphatic rings. The zero-order valence-corrected chi connectivity index (χ0v) is 15.3. The fraction of sp³-hybridized carbons (Fsp3) is 0.579. The molecule has 1 atom stereocenters. The molecule has 1 unspecified atom stereocenters. The van der Waals surface area contributed by atoms with Crippen LogP contribution >= 0.6 is 0 Å². The van der Waals surface area contributed by atoms with E-state index in [0.29, 0.717) is 29.4 Å². The van der Waals surface area contributed by atoms with Crippen LogP contribution in [0.1, 0.15) is 43.7 Å². The van der Waals surface area contributed by atoms with Gasteiger partial charge in [-0.2, -0.15) is 0 Å². The lowest BCUT2D eigenvalue weighted by molar-refractivity contribution is -0.137. The van der Waals surface area contributed by atoms with E-state index in [4.69, 9.17) is 14.2 Å². The molecule has 0 bridgehead atoms. The number of carboxylic acid groups (broad SMARTS) is 1. The summed E-state index contributed by atoms with van der Waals surface area (Å²) in [5.41, 5.74) is 0.671. The van der Waals surface area contributed by atoms with Gasteiger partial charge in [0.2, 0.25) is 5.91 Å². The fourth-order valence-electron chi connectivity index (χ4n) is 3.13. The van der Waals surface area contributed by atoms with Crippen molar-refractivity contribution in [1.29, 1.82) is 0 Å². The van der Waals surface area contributed by atoms with E-state index in [0.717, 1.165) is 32.5 Å². The molecular weight excluding hydrogens is 338 g/mol. The summed E-state index contributed by atoms with van der Waals surface area (Å²) in [5.74, 6) is 0.425. The molecule has 1 aromatic rings. The highest BCUT2D eigenvalue weighted by atomic mass is 16.5. The van der Waals surface area contributed by atoms with Crippen LogP contribution in [-0.4, -0.2) is 44.4 Å². The van der Waals surface area contributed by atoms with E-state index < -0.39 is 12.0 Å². The highest BCUT2D eigenvalue weighted by Crippen LogP contribution is 2.31. The Kier molecular flexibility index (Phi) is 7.72. The highest BCUT2D eigenvalue weighted by Gasteiger charge is 2.21. The molecule has 0 aliphatic carbocycles. The van der Waals surface area contributed by atoms with E-state index in [2.05, 4.69) is 5.32 Å². The Hall–Kier alpha value is -2.28. The van der Waals surface area contributed by atoms with Crippen LogP contribution in [0.3, 0.4) is 0 Å². The van der Waals surface area contributed by atoms with Crippen molar-refractivity contribution in [3.05, 3.63) is 23.8 Å². The third-order valence-corrected chi connectivity index (χ3v) is 4.64. The molecule has 2 N–H and O–H groups in total. The number of rotatable bonds is 9. The molecule has 26 heavy (non-hydrogen) atoms. The van der Waals surface area contributed by atoms with E-state index in [1.807, 2.05) is 0 Å². The minimum Gasteiger partial charge on any atom is -0.493 e. The standard InChI is InChI=1S/C19H27NO6/c1-24-16-5-4-14(11-17(16)25-2)15(12-19(22)23)20-18(21)6-3-13-7-9-26-10-8-13/h4-5,11,13,15H,3,6-10,12H2,1-2H3,(H,20,21)(H,22,23). The molecule has 1 aromatic carbocycles. The van der Waals surface area contributed by atoms with Gasteiger partial charge in [-0.3, -0.25) is 9.59 Å². The predicted octanol–water partition coefficient (Wildman–Crippen LogP) is 2.54. The molecule has 1 saturated heterocycles. The summed E-state index contributed by atoms with van der Waals surface area (Å²) in [5, 5.41) is 12.0. The lowest BCUT2D eigenvalue weighted by Crippen LogP contribution is -2.30. The molecule has 0 radical (unpaired) electrons. The maximum absolute atomic E-state index is 12.3. The first-order valence-corrected chi connectivity index (χ1v) is 8.84. The van der Waals surface area contributed by atoms with Crippen molar-refractivity contribution in [2.75, 3.05) is 27.4 Å². The Morgan fingerprint density at radius 1 is 1.23 bits per heavy atom. The van der Waals surface area contributed by atoms with Gasteiger partial charge in [-0.1, -0.05) is 6.07 Å². The smallest absolute Gasteiger partial charge is 0.305 e. The van der Waals surface area contributed by atoms with E-state index in [1.165, 1.54) is 14.2 Å². The van der Waals surface area contributed by atoms with Crippen molar-refractivity contribution in [1.82, 2.24) is 5.32 Å². The maximum Gasteiger partial charge on any atom is 0.305 e. The van der Waals surface area contributed by atoms with E-state index in [1.54, 1.807) is 18.2 Å². The van der Waals surface area contributed by atoms with Crippen molar-refractivity contribution in [3.8, 4) is 11.5 Å². The monoisotopic (exact) mass is 365 g/mol. The summed E-state index contributed by atoms with van der Waals surface area (Å²) in [6, 6.07) is 4.53. The zero-order chi connectivity index (χ0) is 18.9. The molecule has 144 valence electrons. The summed E-state index contributed by atoms with van der Waals surface area (Å²) >= 11 is 0. The Morgan fingerprint density at radius 3 is 2.54 bits per heavy atom. The van der Waals surface area contributed by atoms with Crippen LogP contribution < -0.4 is 14.8 Å². The Bertz CT molecular complexity index is 612. The number of methoxy groups -OCH3 is 2. The van der Waals surface area contributed by atoms with Gasteiger partial charge in [-0.25, -0.2) is 0 Å². The van der Waals surface area contributed by atoms with Crippen molar-refractivity contribution < 1.29 is 28.9 Å². The third-order valence-electron chi connectivity index (χ3n) is 4.64. The van der Waals surface area contributed by atoms with Crippen LogP contribution in [-0.2, 0) is 14.3 Å². The van der Waals surface area contributed by atoms with Gasteiger partial charge in [-0.15, -0.1) is 0 Å². The van der Waals surface area contributed by atoms with Gasteiger partial charge in [0.25, 0.3) is 0 Å². The van der Waals surface area contributed by atoms with E-state index in [9.17, 15) is 14.7 Å². The highest BCUT2D eigenvalue weighted by molar-refractivity contribution is 5.77. The van der Waals surface area contributed by atoms with E-state index >= 15 is 0 Å². The first kappa shape index (κ1) is 20.0. The number of carboxylic acids is 1. The maximum atomic E-state index is 12.3. The molecule has 1 amide bonds. The molecule has 1 fully saturated rings. The molecule has 7 heteroatoms. The minimum atomic E-state index is -0.977. The average molecular weight is 365 g/mol.